The van der Waals surface area contributed by atoms with Crippen molar-refractivity contribution in [2.24, 2.45) is 5.10 Å². The average Bonchev–Trinajstić information content (AvgIpc) is 3.03. The van der Waals surface area contributed by atoms with Gasteiger partial charge < -0.3 is 26.0 Å². The van der Waals surface area contributed by atoms with Gasteiger partial charge in [-0.3, -0.25) is 4.79 Å². The lowest BCUT2D eigenvalue weighted by atomic mass is 10.2. The van der Waals surface area contributed by atoms with Gasteiger partial charge in [0.05, 0.1) is 23.9 Å². The van der Waals surface area contributed by atoms with E-state index >= 15 is 0 Å². The number of carbonyl (C=O) groups is 1. The Morgan fingerprint density at radius 1 is 1.19 bits per heavy atom. The number of fused-ring (bicyclic) bond motifs is 2. The molecule has 2 aromatic heterocycles. The molecule has 0 bridgehead atoms. The number of nitrogen functional groups attached to an aromatic ring is 1. The number of carbonyl (C=O) groups excluding carboxylic acids is 1. The number of nitrogens with zero attached hydrogens (tertiary/aromatic N) is 4. The number of aromatic nitrogens is 3. The Bertz CT molecular complexity index is 1310. The van der Waals surface area contributed by atoms with Gasteiger partial charge in [0.2, 0.25) is 0 Å². The number of phenols is 2. The number of phenolic OH excluding ortho intramolecular Hbond substituents is 2. The van der Waals surface area contributed by atoms with Crippen molar-refractivity contribution in [3.8, 4) is 11.5 Å². The van der Waals surface area contributed by atoms with E-state index in [2.05, 4.69) is 20.4 Å². The first kappa shape index (κ1) is 20.1. The van der Waals surface area contributed by atoms with Crippen LogP contribution >= 0.6 is 0 Å². The first-order chi connectivity index (χ1) is 15.0. The van der Waals surface area contributed by atoms with E-state index in [0.717, 1.165) is 0 Å². The molecule has 10 nitrogen and oxygen atoms in total. The molecule has 0 fully saturated rings. The van der Waals surface area contributed by atoms with Crippen LogP contribution in [0.15, 0.2) is 47.6 Å². The number of aromatic hydroxyl groups is 2. The smallest absolute Gasteiger partial charge is 0.257 e. The van der Waals surface area contributed by atoms with Crippen LogP contribution < -0.4 is 11.1 Å². The lowest BCUT2D eigenvalue weighted by Crippen LogP contribution is -2.27. The molecule has 0 radical (unpaired) electrons. The summed E-state index contributed by atoms with van der Waals surface area (Å²) in [6, 6.07) is 11.5. The van der Waals surface area contributed by atoms with Gasteiger partial charge in [0.1, 0.15) is 16.9 Å². The van der Waals surface area contributed by atoms with Gasteiger partial charge in [-0.15, -0.1) is 0 Å². The molecule has 31 heavy (non-hydrogen) atoms. The van der Waals surface area contributed by atoms with Crippen molar-refractivity contribution in [2.45, 2.75) is 0 Å². The van der Waals surface area contributed by atoms with Crippen LogP contribution in [0.1, 0.15) is 15.9 Å². The highest BCUT2D eigenvalue weighted by atomic mass is 16.5. The van der Waals surface area contributed by atoms with Crippen LogP contribution in [0.2, 0.25) is 0 Å². The zero-order valence-electron chi connectivity index (χ0n) is 16.6. The Labute approximate surface area is 176 Å². The molecule has 0 spiro atoms. The molecular weight excluding hydrogens is 400 g/mol. The molecule has 1 amide bonds. The molecule has 4 rings (SSSR count). The number of hydrogen-bond acceptors (Lipinski definition) is 8. The molecule has 0 saturated heterocycles. The zero-order chi connectivity index (χ0) is 22.0. The number of anilines is 1. The third kappa shape index (κ3) is 3.83. The summed E-state index contributed by atoms with van der Waals surface area (Å²) in [6.07, 6.45) is 1.43. The van der Waals surface area contributed by atoms with Crippen molar-refractivity contribution >= 4 is 40.1 Å². The SMILES string of the molecule is COCCNC(=O)c1c(N)n(/N=C/c2ccc(O)c(O)c2)c2nc3ccccc3nc12. The summed E-state index contributed by atoms with van der Waals surface area (Å²) < 4.78 is 6.30. The first-order valence-corrected chi connectivity index (χ1v) is 9.39. The molecule has 0 saturated carbocycles. The minimum atomic E-state index is -0.416. The Balaban J connectivity index is 1.86. The van der Waals surface area contributed by atoms with Gasteiger partial charge in [0, 0.05) is 13.7 Å². The highest BCUT2D eigenvalue weighted by Gasteiger charge is 2.23. The average molecular weight is 420 g/mol. The first-order valence-electron chi connectivity index (χ1n) is 9.39. The predicted molar refractivity (Wildman–Crippen MR) is 116 cm³/mol. The quantitative estimate of drug-likeness (QED) is 0.211. The maximum atomic E-state index is 12.8. The second-order valence-electron chi connectivity index (χ2n) is 6.70. The third-order valence-corrected chi connectivity index (χ3v) is 4.61. The third-order valence-electron chi connectivity index (χ3n) is 4.61. The van der Waals surface area contributed by atoms with E-state index in [1.807, 2.05) is 12.1 Å². The van der Waals surface area contributed by atoms with Crippen LogP contribution in [0.3, 0.4) is 0 Å². The highest BCUT2D eigenvalue weighted by molar-refractivity contribution is 6.10. The second-order valence-corrected chi connectivity index (χ2v) is 6.70. The molecule has 2 heterocycles. The van der Waals surface area contributed by atoms with Crippen molar-refractivity contribution < 1.29 is 19.7 Å². The molecule has 0 unspecified atom stereocenters. The fourth-order valence-electron chi connectivity index (χ4n) is 3.09. The van der Waals surface area contributed by atoms with Crippen LogP contribution in [0.4, 0.5) is 5.82 Å². The van der Waals surface area contributed by atoms with E-state index < -0.39 is 5.91 Å². The lowest BCUT2D eigenvalue weighted by molar-refractivity contribution is 0.0939. The van der Waals surface area contributed by atoms with Crippen LogP contribution in [-0.2, 0) is 4.74 Å². The monoisotopic (exact) mass is 420 g/mol. The standard InChI is InChI=1S/C21H20N6O4/c1-31-9-8-23-21(30)17-18-20(26-14-5-3-2-4-13(14)25-18)27(19(17)22)24-11-12-6-7-15(28)16(29)10-12/h2-7,10-11,28-29H,8-9,22H2,1H3,(H,23,30)/b24-11+. The summed E-state index contributed by atoms with van der Waals surface area (Å²) in [6.45, 7) is 0.653. The lowest BCUT2D eigenvalue weighted by Gasteiger charge is -2.04. The molecule has 0 aliphatic rings. The molecular formula is C21H20N6O4. The van der Waals surface area contributed by atoms with Gasteiger partial charge in [-0.2, -0.15) is 9.78 Å². The van der Waals surface area contributed by atoms with E-state index in [1.165, 1.54) is 23.0 Å². The number of rotatable bonds is 6. The van der Waals surface area contributed by atoms with Gasteiger partial charge in [-0.05, 0) is 35.9 Å². The molecule has 0 aliphatic heterocycles. The largest absolute Gasteiger partial charge is 0.504 e. The summed E-state index contributed by atoms with van der Waals surface area (Å²) in [5.41, 5.74) is 8.83. The van der Waals surface area contributed by atoms with Crippen LogP contribution in [0.5, 0.6) is 11.5 Å². The molecule has 4 aromatic rings. The Hall–Kier alpha value is -4.18. The summed E-state index contributed by atoms with van der Waals surface area (Å²) in [7, 11) is 1.54. The summed E-state index contributed by atoms with van der Waals surface area (Å²) in [5, 5.41) is 26.3. The zero-order valence-corrected chi connectivity index (χ0v) is 16.6. The van der Waals surface area contributed by atoms with Crippen LogP contribution in [-0.4, -0.2) is 57.2 Å². The maximum absolute atomic E-state index is 12.8. The fourth-order valence-corrected chi connectivity index (χ4v) is 3.09. The van der Waals surface area contributed by atoms with Crippen molar-refractivity contribution in [3.05, 3.63) is 53.6 Å². The van der Waals surface area contributed by atoms with Gasteiger partial charge in [-0.25, -0.2) is 9.97 Å². The minimum Gasteiger partial charge on any atom is -0.504 e. The van der Waals surface area contributed by atoms with Crippen LogP contribution in [0.25, 0.3) is 22.2 Å². The molecule has 0 aliphatic carbocycles. The number of nitrogens with one attached hydrogen (secondary N) is 1. The summed E-state index contributed by atoms with van der Waals surface area (Å²) in [5.74, 6) is -0.867. The topological polar surface area (TPSA) is 148 Å². The summed E-state index contributed by atoms with van der Waals surface area (Å²) >= 11 is 0. The Kier molecular flexibility index (Phi) is 5.37. The maximum Gasteiger partial charge on any atom is 0.257 e. The van der Waals surface area contributed by atoms with E-state index in [9.17, 15) is 15.0 Å². The molecule has 0 atom stereocenters. The van der Waals surface area contributed by atoms with E-state index in [-0.39, 0.29) is 22.9 Å². The second kappa shape index (κ2) is 8.28. The normalized spacial score (nSPS) is 11.5. The molecule has 158 valence electrons. The number of para-hydroxylation sites is 2. The fraction of sp³-hybridized carbons (Fsp3) is 0.143. The number of amides is 1. The van der Waals surface area contributed by atoms with Crippen molar-refractivity contribution in [1.29, 1.82) is 0 Å². The molecule has 5 N–H and O–H groups in total. The van der Waals surface area contributed by atoms with Gasteiger partial charge >= 0.3 is 0 Å². The number of nitrogens with two attached hydrogens (primary N) is 1. The summed E-state index contributed by atoms with van der Waals surface area (Å²) in [4.78, 5) is 22.0. The van der Waals surface area contributed by atoms with E-state index in [0.29, 0.717) is 40.9 Å². The highest BCUT2D eigenvalue weighted by Crippen LogP contribution is 2.28. The van der Waals surface area contributed by atoms with Crippen molar-refractivity contribution in [2.75, 3.05) is 26.0 Å². The van der Waals surface area contributed by atoms with Crippen molar-refractivity contribution in [3.63, 3.8) is 0 Å². The predicted octanol–water partition coefficient (Wildman–Crippen LogP) is 1.84. The Morgan fingerprint density at radius 3 is 2.65 bits per heavy atom. The number of hydrogen-bond donors (Lipinski definition) is 4. The van der Waals surface area contributed by atoms with Crippen LogP contribution in [0, 0.1) is 0 Å². The van der Waals surface area contributed by atoms with E-state index in [1.54, 1.807) is 25.3 Å². The molecule has 2 aromatic carbocycles. The Morgan fingerprint density at radius 2 is 1.94 bits per heavy atom. The van der Waals surface area contributed by atoms with Gasteiger partial charge in [0.25, 0.3) is 5.91 Å². The molecule has 10 heteroatoms. The van der Waals surface area contributed by atoms with Gasteiger partial charge in [-0.1, -0.05) is 12.1 Å². The minimum absolute atomic E-state index is 0.0690. The number of benzene rings is 2. The number of ether oxygens (including phenoxy) is 1. The van der Waals surface area contributed by atoms with Gasteiger partial charge in [0.15, 0.2) is 17.1 Å². The number of methoxy groups -OCH3 is 1. The van der Waals surface area contributed by atoms with Crippen molar-refractivity contribution in [1.82, 2.24) is 20.0 Å². The van der Waals surface area contributed by atoms with E-state index in [4.69, 9.17) is 10.5 Å².